The number of fused-ring (bicyclic) bond motifs is 1. The number of halogens is 1. The van der Waals surface area contributed by atoms with E-state index in [-0.39, 0.29) is 23.5 Å². The number of carbonyl (C=O) groups excluding carboxylic acids is 2. The summed E-state index contributed by atoms with van der Waals surface area (Å²) in [7, 11) is 0. The van der Waals surface area contributed by atoms with Crippen molar-refractivity contribution in [1.29, 1.82) is 0 Å². The van der Waals surface area contributed by atoms with Crippen LogP contribution in [0.2, 0.25) is 0 Å². The van der Waals surface area contributed by atoms with Gasteiger partial charge in [0.05, 0.1) is 5.69 Å². The second-order valence-electron chi connectivity index (χ2n) is 7.71. The van der Waals surface area contributed by atoms with Gasteiger partial charge in [0, 0.05) is 67.9 Å². The fourth-order valence-corrected chi connectivity index (χ4v) is 5.05. The highest BCUT2D eigenvalue weighted by Gasteiger charge is 2.27. The third kappa shape index (κ3) is 4.74. The molecule has 2 amide bonds. The summed E-state index contributed by atoms with van der Waals surface area (Å²) in [5.41, 5.74) is 1.33. The summed E-state index contributed by atoms with van der Waals surface area (Å²) in [6, 6.07) is 4.49. The lowest BCUT2D eigenvalue weighted by molar-refractivity contribution is -0.133. The van der Waals surface area contributed by atoms with Crippen LogP contribution in [-0.4, -0.2) is 64.5 Å². The normalized spacial score (nSPS) is 18.4. The third-order valence-electron chi connectivity index (χ3n) is 5.84. The zero-order chi connectivity index (χ0) is 20.2. The number of carbonyl (C=O) groups is 2. The quantitative estimate of drug-likeness (QED) is 0.743. The van der Waals surface area contributed by atoms with Crippen LogP contribution in [0.15, 0.2) is 22.7 Å². The van der Waals surface area contributed by atoms with Crippen molar-refractivity contribution in [3.63, 3.8) is 0 Å². The molecule has 2 aliphatic rings. The number of nitrogens with zero attached hydrogens (tertiary/aromatic N) is 3. The maximum atomic E-state index is 13.3. The Kier molecular flexibility index (Phi) is 6.37. The lowest BCUT2D eigenvalue weighted by Gasteiger charge is -2.31. The number of thioether (sulfide) groups is 1. The molecule has 156 valence electrons. The van der Waals surface area contributed by atoms with Gasteiger partial charge in [0.2, 0.25) is 11.8 Å². The number of hydrogen-bond donors (Lipinski definition) is 0. The minimum absolute atomic E-state index is 0.123. The van der Waals surface area contributed by atoms with Crippen LogP contribution in [0.1, 0.15) is 43.7 Å². The number of hydrogen-bond acceptors (Lipinski definition) is 5. The number of piperidine rings is 1. The average Bonchev–Trinajstić information content (AvgIpc) is 3.17. The topological polar surface area (TPSA) is 66.7 Å². The molecule has 6 nitrogen and oxygen atoms in total. The lowest BCUT2D eigenvalue weighted by atomic mass is 9.91. The van der Waals surface area contributed by atoms with Gasteiger partial charge in [0.15, 0.2) is 5.58 Å². The summed E-state index contributed by atoms with van der Waals surface area (Å²) >= 11 is 1.88. The molecule has 4 rings (SSSR count). The summed E-state index contributed by atoms with van der Waals surface area (Å²) in [6.45, 7) is 3.01. The molecule has 0 bridgehead atoms. The van der Waals surface area contributed by atoms with Crippen LogP contribution in [-0.2, 0) is 9.59 Å². The molecule has 0 N–H and O–H groups in total. The highest BCUT2D eigenvalue weighted by Crippen LogP contribution is 2.33. The second kappa shape index (κ2) is 9.15. The minimum atomic E-state index is -0.335. The van der Waals surface area contributed by atoms with Crippen molar-refractivity contribution in [2.45, 2.75) is 38.0 Å². The summed E-state index contributed by atoms with van der Waals surface area (Å²) in [5, 5.41) is 5.01. The molecule has 29 heavy (non-hydrogen) atoms. The van der Waals surface area contributed by atoms with Gasteiger partial charge in [-0.25, -0.2) is 4.39 Å². The maximum absolute atomic E-state index is 13.3. The maximum Gasteiger partial charge on any atom is 0.222 e. The van der Waals surface area contributed by atoms with Crippen molar-refractivity contribution in [1.82, 2.24) is 15.0 Å². The van der Waals surface area contributed by atoms with Gasteiger partial charge >= 0.3 is 0 Å². The fraction of sp³-hybridized carbons (Fsp3) is 0.571. The van der Waals surface area contributed by atoms with Gasteiger partial charge in [-0.05, 0) is 31.4 Å². The van der Waals surface area contributed by atoms with Gasteiger partial charge in [-0.2, -0.15) is 11.8 Å². The van der Waals surface area contributed by atoms with Crippen molar-refractivity contribution in [2.75, 3.05) is 37.7 Å². The van der Waals surface area contributed by atoms with Crippen LogP contribution in [0.5, 0.6) is 0 Å². The molecule has 0 spiro atoms. The van der Waals surface area contributed by atoms with Gasteiger partial charge in [0.1, 0.15) is 5.82 Å². The Morgan fingerprint density at radius 2 is 1.72 bits per heavy atom. The summed E-state index contributed by atoms with van der Waals surface area (Å²) in [4.78, 5) is 28.5. The first-order valence-electron chi connectivity index (χ1n) is 10.3. The molecule has 1 aromatic carbocycles. The van der Waals surface area contributed by atoms with Crippen LogP contribution in [0.3, 0.4) is 0 Å². The Bertz CT molecular complexity index is 873. The standard InChI is InChI=1S/C21H26FN3O3S/c22-16-4-5-17-18(14-16)28-23-21(17)15-6-8-24(9-7-15)19(26)2-1-3-20(27)25-10-12-29-13-11-25/h4-5,14-15H,1-3,6-13H2. The zero-order valence-electron chi connectivity index (χ0n) is 16.4. The van der Waals surface area contributed by atoms with E-state index in [0.29, 0.717) is 37.9 Å². The summed E-state index contributed by atoms with van der Waals surface area (Å²) < 4.78 is 18.6. The van der Waals surface area contributed by atoms with Gasteiger partial charge in [-0.3, -0.25) is 9.59 Å². The molecule has 2 fully saturated rings. The molecule has 1 aromatic heterocycles. The summed E-state index contributed by atoms with van der Waals surface area (Å²) in [6.07, 6.45) is 3.12. The molecular weight excluding hydrogens is 393 g/mol. The molecule has 2 saturated heterocycles. The Morgan fingerprint density at radius 3 is 2.41 bits per heavy atom. The predicted molar refractivity (Wildman–Crippen MR) is 110 cm³/mol. The second-order valence-corrected chi connectivity index (χ2v) is 8.93. The van der Waals surface area contributed by atoms with E-state index in [4.69, 9.17) is 4.52 Å². The van der Waals surface area contributed by atoms with E-state index in [9.17, 15) is 14.0 Å². The third-order valence-corrected chi connectivity index (χ3v) is 6.78. The van der Waals surface area contributed by atoms with Crippen molar-refractivity contribution in [3.05, 3.63) is 29.7 Å². The number of likely N-dealkylation sites (tertiary alicyclic amines) is 1. The highest BCUT2D eigenvalue weighted by atomic mass is 32.2. The SMILES string of the molecule is O=C(CCCC(=O)N1CCC(c2noc3cc(F)ccc23)CC1)N1CCSCC1. The Hall–Kier alpha value is -2.09. The number of amides is 2. The zero-order valence-corrected chi connectivity index (χ0v) is 17.3. The van der Waals surface area contributed by atoms with Crippen LogP contribution in [0, 0.1) is 5.82 Å². The van der Waals surface area contributed by atoms with Gasteiger partial charge in [0.25, 0.3) is 0 Å². The number of benzene rings is 1. The van der Waals surface area contributed by atoms with E-state index >= 15 is 0 Å². The molecule has 0 aliphatic carbocycles. The van der Waals surface area contributed by atoms with E-state index in [1.807, 2.05) is 21.6 Å². The predicted octanol–water partition coefficient (Wildman–Crippen LogP) is 3.42. The molecule has 2 aromatic rings. The monoisotopic (exact) mass is 419 g/mol. The number of aromatic nitrogens is 1. The first-order valence-corrected chi connectivity index (χ1v) is 11.5. The molecular formula is C21H26FN3O3S. The first kappa shape index (κ1) is 20.2. The fourth-order valence-electron chi connectivity index (χ4n) is 4.15. The van der Waals surface area contributed by atoms with Gasteiger partial charge < -0.3 is 14.3 Å². The van der Waals surface area contributed by atoms with E-state index in [2.05, 4.69) is 5.16 Å². The largest absolute Gasteiger partial charge is 0.356 e. The highest BCUT2D eigenvalue weighted by molar-refractivity contribution is 7.99. The number of rotatable bonds is 5. The summed E-state index contributed by atoms with van der Waals surface area (Å²) in [5.74, 6) is 2.19. The van der Waals surface area contributed by atoms with Crippen molar-refractivity contribution in [3.8, 4) is 0 Å². The van der Waals surface area contributed by atoms with E-state index < -0.39 is 0 Å². The average molecular weight is 420 g/mol. The molecule has 0 atom stereocenters. The Labute approximate surface area is 173 Å². The molecule has 8 heteroatoms. The van der Waals surface area contributed by atoms with Crippen LogP contribution in [0.4, 0.5) is 4.39 Å². The minimum Gasteiger partial charge on any atom is -0.356 e. The Morgan fingerprint density at radius 1 is 1.07 bits per heavy atom. The molecule has 2 aliphatic heterocycles. The van der Waals surface area contributed by atoms with Crippen LogP contribution >= 0.6 is 11.8 Å². The van der Waals surface area contributed by atoms with Gasteiger partial charge in [-0.1, -0.05) is 5.16 Å². The van der Waals surface area contributed by atoms with Crippen molar-refractivity contribution in [2.24, 2.45) is 0 Å². The molecule has 0 saturated carbocycles. The molecule has 0 radical (unpaired) electrons. The molecule has 3 heterocycles. The van der Waals surface area contributed by atoms with Crippen LogP contribution in [0.25, 0.3) is 11.0 Å². The van der Waals surface area contributed by atoms with E-state index in [1.54, 1.807) is 6.07 Å². The van der Waals surface area contributed by atoms with E-state index in [0.717, 1.165) is 48.5 Å². The van der Waals surface area contributed by atoms with Gasteiger partial charge in [-0.15, -0.1) is 0 Å². The van der Waals surface area contributed by atoms with Crippen LogP contribution < -0.4 is 0 Å². The van der Waals surface area contributed by atoms with Crippen molar-refractivity contribution < 1.29 is 18.5 Å². The lowest BCUT2D eigenvalue weighted by Crippen LogP contribution is -2.39. The molecule has 0 unspecified atom stereocenters. The first-order chi connectivity index (χ1) is 14.1. The Balaban J connectivity index is 1.23. The smallest absolute Gasteiger partial charge is 0.222 e. The van der Waals surface area contributed by atoms with Crippen molar-refractivity contribution >= 4 is 34.5 Å². The van der Waals surface area contributed by atoms with E-state index in [1.165, 1.54) is 12.1 Å².